The molecule has 0 radical (unpaired) electrons. The molecule has 0 saturated carbocycles. The van der Waals surface area contributed by atoms with Crippen LogP contribution in [0.3, 0.4) is 0 Å². The van der Waals surface area contributed by atoms with E-state index in [1.165, 1.54) is 16.0 Å². The van der Waals surface area contributed by atoms with Crippen molar-refractivity contribution >= 4 is 17.7 Å². The fourth-order valence-electron chi connectivity index (χ4n) is 1.88. The van der Waals surface area contributed by atoms with E-state index in [9.17, 15) is 4.79 Å². The van der Waals surface area contributed by atoms with Crippen molar-refractivity contribution in [3.8, 4) is 0 Å². The second-order valence-electron chi connectivity index (χ2n) is 4.69. The highest BCUT2D eigenvalue weighted by Gasteiger charge is 2.14. The summed E-state index contributed by atoms with van der Waals surface area (Å²) in [7, 11) is 0. The summed E-state index contributed by atoms with van der Waals surface area (Å²) in [6.07, 6.45) is 0. The molecular formula is C15H18N2O2S. The Hall–Kier alpha value is -1.72. The molecule has 1 aromatic heterocycles. The van der Waals surface area contributed by atoms with Gasteiger partial charge < -0.3 is 4.42 Å². The number of thioether (sulfide) groups is 1. The molecule has 0 saturated heterocycles. The minimum absolute atomic E-state index is 0.325. The van der Waals surface area contributed by atoms with Crippen molar-refractivity contribution < 1.29 is 9.21 Å². The smallest absolute Gasteiger partial charge is 0.268 e. The molecule has 0 fully saturated rings. The number of nitrogens with one attached hydrogen (secondary N) is 1. The molecule has 0 atom stereocenters. The van der Waals surface area contributed by atoms with Gasteiger partial charge in [0.1, 0.15) is 11.5 Å². The highest BCUT2D eigenvalue weighted by molar-refractivity contribution is 7.98. The Morgan fingerprint density at radius 3 is 2.65 bits per heavy atom. The topological polar surface area (TPSA) is 68.3 Å². The molecule has 4 nitrogen and oxygen atoms in total. The molecule has 0 spiro atoms. The molecule has 1 heterocycles. The molecule has 2 aromatic rings. The number of amides is 1. The lowest BCUT2D eigenvalue weighted by Crippen LogP contribution is -2.30. The third-order valence-electron chi connectivity index (χ3n) is 3.20. The van der Waals surface area contributed by atoms with Gasteiger partial charge in [0.2, 0.25) is 0 Å². The van der Waals surface area contributed by atoms with Crippen molar-refractivity contribution in [2.45, 2.75) is 31.4 Å². The maximum atomic E-state index is 11.5. The van der Waals surface area contributed by atoms with E-state index in [1.54, 1.807) is 24.8 Å². The van der Waals surface area contributed by atoms with E-state index in [0.29, 0.717) is 17.1 Å². The fraction of sp³-hybridized carbons (Fsp3) is 0.267. The zero-order valence-electron chi connectivity index (χ0n) is 11.8. The van der Waals surface area contributed by atoms with Crippen LogP contribution in [0.2, 0.25) is 0 Å². The quantitative estimate of drug-likeness (QED) is 0.393. The van der Waals surface area contributed by atoms with Gasteiger partial charge in [0.05, 0.1) is 11.3 Å². The number of rotatable bonds is 4. The molecule has 0 aliphatic rings. The summed E-state index contributed by atoms with van der Waals surface area (Å²) in [5, 5.41) is 0. The number of benzene rings is 1. The van der Waals surface area contributed by atoms with E-state index in [-0.39, 0.29) is 5.91 Å². The predicted octanol–water partition coefficient (Wildman–Crippen LogP) is 3.10. The zero-order valence-corrected chi connectivity index (χ0v) is 12.6. The van der Waals surface area contributed by atoms with Crippen LogP contribution in [0.4, 0.5) is 0 Å². The Morgan fingerprint density at radius 2 is 2.00 bits per heavy atom. The molecule has 5 heteroatoms. The number of hydrazine groups is 1. The molecule has 1 amide bonds. The molecule has 106 valence electrons. The van der Waals surface area contributed by atoms with Gasteiger partial charge in [-0.2, -0.15) is 0 Å². The lowest BCUT2D eigenvalue weighted by molar-refractivity contribution is 0.0952. The number of nitrogen functional groups attached to an aromatic ring is 1. The SMILES string of the molecule is Cc1ccc(SCc2cc(C(=O)NN)c(C)o2)cc1C. The summed E-state index contributed by atoms with van der Waals surface area (Å²) in [5.74, 6) is 6.84. The van der Waals surface area contributed by atoms with Gasteiger partial charge in [0.15, 0.2) is 0 Å². The van der Waals surface area contributed by atoms with Gasteiger partial charge in [-0.3, -0.25) is 10.2 Å². The van der Waals surface area contributed by atoms with Gasteiger partial charge in [-0.05, 0) is 50.1 Å². The predicted molar refractivity (Wildman–Crippen MR) is 80.6 cm³/mol. The molecule has 0 aliphatic heterocycles. The number of hydrogen-bond donors (Lipinski definition) is 2. The number of carbonyl (C=O) groups is 1. The van der Waals surface area contributed by atoms with Crippen LogP contribution in [0.25, 0.3) is 0 Å². The zero-order chi connectivity index (χ0) is 14.7. The Balaban J connectivity index is 2.07. The largest absolute Gasteiger partial charge is 0.465 e. The molecule has 1 aromatic carbocycles. The summed E-state index contributed by atoms with van der Waals surface area (Å²) in [5.41, 5.74) is 5.16. The molecule has 0 bridgehead atoms. The summed E-state index contributed by atoms with van der Waals surface area (Å²) >= 11 is 1.68. The average molecular weight is 290 g/mol. The van der Waals surface area contributed by atoms with Crippen LogP contribution < -0.4 is 11.3 Å². The first-order valence-corrected chi connectivity index (χ1v) is 7.30. The van der Waals surface area contributed by atoms with Crippen LogP contribution in [0, 0.1) is 20.8 Å². The summed E-state index contributed by atoms with van der Waals surface area (Å²) in [4.78, 5) is 12.7. The van der Waals surface area contributed by atoms with Crippen LogP contribution in [-0.2, 0) is 5.75 Å². The van der Waals surface area contributed by atoms with Crippen molar-refractivity contribution in [3.63, 3.8) is 0 Å². The average Bonchev–Trinajstić information content (AvgIpc) is 2.80. The van der Waals surface area contributed by atoms with Crippen molar-refractivity contribution in [1.29, 1.82) is 0 Å². The Morgan fingerprint density at radius 1 is 1.25 bits per heavy atom. The maximum absolute atomic E-state index is 11.5. The number of carbonyl (C=O) groups excluding carboxylic acids is 1. The van der Waals surface area contributed by atoms with Gasteiger partial charge in [-0.1, -0.05) is 6.07 Å². The van der Waals surface area contributed by atoms with E-state index < -0.39 is 0 Å². The van der Waals surface area contributed by atoms with E-state index >= 15 is 0 Å². The third kappa shape index (κ3) is 3.23. The van der Waals surface area contributed by atoms with Gasteiger partial charge in [-0.15, -0.1) is 11.8 Å². The van der Waals surface area contributed by atoms with Crippen LogP contribution in [0.5, 0.6) is 0 Å². The maximum Gasteiger partial charge on any atom is 0.268 e. The fourth-order valence-corrected chi connectivity index (χ4v) is 2.75. The van der Waals surface area contributed by atoms with Crippen molar-refractivity contribution in [3.05, 3.63) is 52.5 Å². The molecular weight excluding hydrogens is 272 g/mol. The van der Waals surface area contributed by atoms with Crippen molar-refractivity contribution in [2.75, 3.05) is 0 Å². The van der Waals surface area contributed by atoms with E-state index in [4.69, 9.17) is 10.3 Å². The molecule has 20 heavy (non-hydrogen) atoms. The molecule has 3 N–H and O–H groups in total. The second-order valence-corrected chi connectivity index (χ2v) is 5.74. The van der Waals surface area contributed by atoms with Gasteiger partial charge in [0.25, 0.3) is 5.91 Å². The van der Waals surface area contributed by atoms with Gasteiger partial charge >= 0.3 is 0 Å². The van der Waals surface area contributed by atoms with Crippen LogP contribution in [0.1, 0.15) is 33.0 Å². The van der Waals surface area contributed by atoms with Gasteiger partial charge in [0, 0.05) is 4.90 Å². The van der Waals surface area contributed by atoms with Crippen LogP contribution in [0.15, 0.2) is 33.6 Å². The lowest BCUT2D eigenvalue weighted by atomic mass is 10.1. The van der Waals surface area contributed by atoms with Crippen LogP contribution >= 0.6 is 11.8 Å². The van der Waals surface area contributed by atoms with Crippen molar-refractivity contribution in [1.82, 2.24) is 5.43 Å². The minimum Gasteiger partial charge on any atom is -0.465 e. The standard InChI is InChI=1S/C15H18N2O2S/c1-9-4-5-13(6-10(9)2)20-8-12-7-14(11(3)19-12)15(18)17-16/h4-7H,8,16H2,1-3H3,(H,17,18). The highest BCUT2D eigenvalue weighted by atomic mass is 32.2. The number of nitrogens with two attached hydrogens (primary N) is 1. The summed E-state index contributed by atoms with van der Waals surface area (Å²) < 4.78 is 5.58. The Kier molecular flexibility index (Phi) is 4.52. The van der Waals surface area contributed by atoms with E-state index in [1.807, 2.05) is 0 Å². The van der Waals surface area contributed by atoms with E-state index in [2.05, 4.69) is 37.5 Å². The number of hydrogen-bond acceptors (Lipinski definition) is 4. The number of furan rings is 1. The molecule has 0 aliphatic carbocycles. The normalized spacial score (nSPS) is 10.6. The molecule has 0 unspecified atom stereocenters. The summed E-state index contributed by atoms with van der Waals surface area (Å²) in [6, 6.07) is 8.10. The van der Waals surface area contributed by atoms with Crippen molar-refractivity contribution in [2.24, 2.45) is 5.84 Å². The first-order valence-electron chi connectivity index (χ1n) is 6.31. The Labute approximate surface area is 122 Å². The highest BCUT2D eigenvalue weighted by Crippen LogP contribution is 2.26. The van der Waals surface area contributed by atoms with Crippen LogP contribution in [-0.4, -0.2) is 5.91 Å². The summed E-state index contributed by atoms with van der Waals surface area (Å²) in [6.45, 7) is 5.95. The Bertz CT molecular complexity index is 635. The third-order valence-corrected chi connectivity index (χ3v) is 4.22. The first kappa shape index (κ1) is 14.7. The number of aryl methyl sites for hydroxylation is 3. The molecule has 2 rings (SSSR count). The van der Waals surface area contributed by atoms with E-state index in [0.717, 1.165) is 5.76 Å². The lowest BCUT2D eigenvalue weighted by Gasteiger charge is -2.03. The second kappa shape index (κ2) is 6.15. The first-order chi connectivity index (χ1) is 9.51. The minimum atomic E-state index is -0.325. The monoisotopic (exact) mass is 290 g/mol. The van der Waals surface area contributed by atoms with Gasteiger partial charge in [-0.25, -0.2) is 5.84 Å².